The third-order valence-electron chi connectivity index (χ3n) is 6.08. The standard InChI is InChI=1S/C29H26ClFN2O3/c1-18(19-8-13-25(31)14-9-19)32-29(36)22-10-15-26-23(17-22)16-21(4-2-3-5-27(34)35)28(33-26)20-6-11-24(30)12-7-20/h6-18H,2-5H2,1H3,(H,32,36)(H,34,35). The van der Waals surface area contributed by atoms with E-state index >= 15 is 0 Å². The number of carboxylic acid groups (broad SMARTS) is 1. The topological polar surface area (TPSA) is 79.3 Å². The van der Waals surface area contributed by atoms with Crippen LogP contribution in [0.15, 0.2) is 72.8 Å². The van der Waals surface area contributed by atoms with Gasteiger partial charge in [0.05, 0.1) is 17.3 Å². The maximum absolute atomic E-state index is 13.2. The number of aryl methyl sites for hydroxylation is 1. The Labute approximate surface area is 214 Å². The summed E-state index contributed by atoms with van der Waals surface area (Å²) in [5.74, 6) is -1.37. The quantitative estimate of drug-likeness (QED) is 0.241. The van der Waals surface area contributed by atoms with E-state index in [4.69, 9.17) is 21.7 Å². The maximum atomic E-state index is 13.2. The zero-order valence-electron chi connectivity index (χ0n) is 19.8. The third-order valence-corrected chi connectivity index (χ3v) is 6.33. The van der Waals surface area contributed by atoms with Gasteiger partial charge >= 0.3 is 5.97 Å². The third kappa shape index (κ3) is 6.26. The van der Waals surface area contributed by atoms with Gasteiger partial charge in [0, 0.05) is 28.0 Å². The van der Waals surface area contributed by atoms with Crippen LogP contribution in [0.5, 0.6) is 0 Å². The summed E-state index contributed by atoms with van der Waals surface area (Å²) in [5, 5.41) is 13.4. The number of amides is 1. The molecule has 0 spiro atoms. The van der Waals surface area contributed by atoms with Gasteiger partial charge in [0.25, 0.3) is 5.91 Å². The highest BCUT2D eigenvalue weighted by atomic mass is 35.5. The molecule has 0 aliphatic rings. The first-order valence-electron chi connectivity index (χ1n) is 11.8. The van der Waals surface area contributed by atoms with Gasteiger partial charge in [-0.2, -0.15) is 0 Å². The Morgan fingerprint density at radius 2 is 1.72 bits per heavy atom. The fourth-order valence-electron chi connectivity index (χ4n) is 4.12. The van der Waals surface area contributed by atoms with Crippen molar-refractivity contribution in [1.29, 1.82) is 0 Å². The number of fused-ring (bicyclic) bond motifs is 1. The first kappa shape index (κ1) is 25.3. The number of carbonyl (C=O) groups is 2. The largest absolute Gasteiger partial charge is 0.481 e. The molecule has 1 aromatic heterocycles. The molecule has 2 N–H and O–H groups in total. The van der Waals surface area contributed by atoms with E-state index in [1.807, 2.05) is 43.3 Å². The molecule has 1 unspecified atom stereocenters. The van der Waals surface area contributed by atoms with Crippen LogP contribution in [0.3, 0.4) is 0 Å². The van der Waals surface area contributed by atoms with Crippen molar-refractivity contribution in [3.63, 3.8) is 0 Å². The van der Waals surface area contributed by atoms with Crippen molar-refractivity contribution in [2.24, 2.45) is 0 Å². The number of rotatable bonds is 9. The summed E-state index contributed by atoms with van der Waals surface area (Å²) in [5.41, 5.74) is 4.77. The second-order valence-electron chi connectivity index (χ2n) is 8.76. The molecular formula is C29H26ClFN2O3. The molecule has 0 bridgehead atoms. The highest BCUT2D eigenvalue weighted by Gasteiger charge is 2.15. The Hall–Kier alpha value is -3.77. The van der Waals surface area contributed by atoms with Crippen LogP contribution >= 0.6 is 11.6 Å². The predicted molar refractivity (Wildman–Crippen MR) is 140 cm³/mol. The van der Waals surface area contributed by atoms with E-state index in [9.17, 15) is 14.0 Å². The normalized spacial score (nSPS) is 11.9. The molecule has 0 aliphatic heterocycles. The van der Waals surface area contributed by atoms with Crippen LogP contribution in [0, 0.1) is 5.82 Å². The molecular weight excluding hydrogens is 479 g/mol. The lowest BCUT2D eigenvalue weighted by Gasteiger charge is -2.15. The van der Waals surface area contributed by atoms with Gasteiger partial charge in [-0.25, -0.2) is 9.37 Å². The van der Waals surface area contributed by atoms with E-state index in [0.717, 1.165) is 33.3 Å². The summed E-state index contributed by atoms with van der Waals surface area (Å²) in [6.45, 7) is 1.85. The van der Waals surface area contributed by atoms with Gasteiger partial charge in [0.1, 0.15) is 5.82 Å². The molecule has 5 nitrogen and oxygen atoms in total. The van der Waals surface area contributed by atoms with Gasteiger partial charge in [-0.1, -0.05) is 35.9 Å². The Kier molecular flexibility index (Phi) is 7.96. The maximum Gasteiger partial charge on any atom is 0.303 e. The van der Waals surface area contributed by atoms with Gasteiger partial charge in [-0.3, -0.25) is 9.59 Å². The average Bonchev–Trinajstić information content (AvgIpc) is 2.86. The number of carbonyl (C=O) groups excluding carboxylic acids is 1. The van der Waals surface area contributed by atoms with Crippen molar-refractivity contribution < 1.29 is 19.1 Å². The fraction of sp³-hybridized carbons (Fsp3) is 0.207. The molecule has 36 heavy (non-hydrogen) atoms. The number of carboxylic acids is 1. The van der Waals surface area contributed by atoms with Crippen LogP contribution in [-0.2, 0) is 11.2 Å². The molecule has 4 aromatic rings. The van der Waals surface area contributed by atoms with E-state index in [0.29, 0.717) is 29.8 Å². The molecule has 1 amide bonds. The second kappa shape index (κ2) is 11.3. The van der Waals surface area contributed by atoms with Crippen LogP contribution in [0.4, 0.5) is 4.39 Å². The molecule has 0 saturated heterocycles. The van der Waals surface area contributed by atoms with E-state index in [-0.39, 0.29) is 24.2 Å². The number of halogens is 2. The Morgan fingerprint density at radius 3 is 2.42 bits per heavy atom. The summed E-state index contributed by atoms with van der Waals surface area (Å²) in [6.07, 6.45) is 2.05. The molecule has 184 valence electrons. The lowest BCUT2D eigenvalue weighted by molar-refractivity contribution is -0.137. The number of aromatic nitrogens is 1. The number of hydrogen-bond donors (Lipinski definition) is 2. The summed E-state index contributed by atoms with van der Waals surface area (Å²) in [4.78, 5) is 28.7. The van der Waals surface area contributed by atoms with E-state index in [2.05, 4.69) is 5.32 Å². The average molecular weight is 505 g/mol. The van der Waals surface area contributed by atoms with Crippen LogP contribution < -0.4 is 5.32 Å². The lowest BCUT2D eigenvalue weighted by Crippen LogP contribution is -2.26. The molecule has 4 rings (SSSR count). The molecule has 0 saturated carbocycles. The second-order valence-corrected chi connectivity index (χ2v) is 9.19. The molecule has 7 heteroatoms. The van der Waals surface area contributed by atoms with E-state index in [1.165, 1.54) is 12.1 Å². The van der Waals surface area contributed by atoms with Gasteiger partial charge in [0.15, 0.2) is 0 Å². The van der Waals surface area contributed by atoms with Gasteiger partial charge in [-0.15, -0.1) is 0 Å². The van der Waals surface area contributed by atoms with Crippen molar-refractivity contribution in [2.45, 2.75) is 38.6 Å². The van der Waals surface area contributed by atoms with Crippen molar-refractivity contribution >= 4 is 34.4 Å². The first-order chi connectivity index (χ1) is 17.3. The minimum Gasteiger partial charge on any atom is -0.481 e. The van der Waals surface area contributed by atoms with Gasteiger partial charge in [-0.05, 0) is 85.8 Å². The number of aliphatic carboxylic acids is 1. The number of hydrogen-bond acceptors (Lipinski definition) is 3. The van der Waals surface area contributed by atoms with Gasteiger partial charge < -0.3 is 10.4 Å². The van der Waals surface area contributed by atoms with Crippen molar-refractivity contribution in [3.8, 4) is 11.3 Å². The van der Waals surface area contributed by atoms with Crippen LogP contribution in [0.1, 0.15) is 53.7 Å². The van der Waals surface area contributed by atoms with Crippen LogP contribution in [0.25, 0.3) is 22.2 Å². The number of benzene rings is 3. The zero-order valence-corrected chi connectivity index (χ0v) is 20.6. The molecule has 3 aromatic carbocycles. The number of nitrogens with zero attached hydrogens (tertiary/aromatic N) is 1. The Morgan fingerprint density at radius 1 is 1.00 bits per heavy atom. The molecule has 1 atom stereocenters. The van der Waals surface area contributed by atoms with Gasteiger partial charge in [0.2, 0.25) is 0 Å². The van der Waals surface area contributed by atoms with Crippen molar-refractivity contribution in [1.82, 2.24) is 10.3 Å². The molecule has 0 fully saturated rings. The minimum absolute atomic E-state index is 0.119. The highest BCUT2D eigenvalue weighted by molar-refractivity contribution is 6.30. The zero-order chi connectivity index (χ0) is 25.7. The number of unbranched alkanes of at least 4 members (excludes halogenated alkanes) is 1. The minimum atomic E-state index is -0.810. The summed E-state index contributed by atoms with van der Waals surface area (Å²) in [7, 11) is 0. The van der Waals surface area contributed by atoms with Crippen molar-refractivity contribution in [2.75, 3.05) is 0 Å². The summed E-state index contributed by atoms with van der Waals surface area (Å²) < 4.78 is 13.2. The first-order valence-corrected chi connectivity index (χ1v) is 12.2. The Bertz CT molecular complexity index is 1390. The van der Waals surface area contributed by atoms with E-state index in [1.54, 1.807) is 24.3 Å². The number of nitrogens with one attached hydrogen (secondary N) is 1. The summed E-state index contributed by atoms with van der Waals surface area (Å²) >= 11 is 6.06. The van der Waals surface area contributed by atoms with Crippen molar-refractivity contribution in [3.05, 3.63) is 100 Å². The fourth-order valence-corrected chi connectivity index (χ4v) is 4.24. The smallest absolute Gasteiger partial charge is 0.303 e. The molecule has 0 aliphatic carbocycles. The molecule has 1 heterocycles. The summed E-state index contributed by atoms with van der Waals surface area (Å²) in [6, 6.07) is 20.6. The number of pyridine rings is 1. The van der Waals surface area contributed by atoms with Crippen LogP contribution in [-0.4, -0.2) is 22.0 Å². The lowest BCUT2D eigenvalue weighted by atomic mass is 9.98. The van der Waals surface area contributed by atoms with Crippen LogP contribution in [0.2, 0.25) is 5.02 Å². The molecule has 0 radical (unpaired) electrons. The SMILES string of the molecule is CC(NC(=O)c1ccc2nc(-c3ccc(Cl)cc3)c(CCCCC(=O)O)cc2c1)c1ccc(F)cc1. The van der Waals surface area contributed by atoms with E-state index < -0.39 is 5.97 Å². The highest BCUT2D eigenvalue weighted by Crippen LogP contribution is 2.29. The Balaban J connectivity index is 1.62. The predicted octanol–water partition coefficient (Wildman–Crippen LogP) is 6.98. The monoisotopic (exact) mass is 504 g/mol.